The average Bonchev–Trinajstić information content (AvgIpc) is 2.88. The summed E-state index contributed by atoms with van der Waals surface area (Å²) in [6.45, 7) is 4.08. The molecule has 1 saturated carbocycles. The quantitative estimate of drug-likeness (QED) is 0.838. The fraction of sp³-hybridized carbons (Fsp3) is 0.667. The molecule has 5 heteroatoms. The monoisotopic (exact) mass is 236 g/mol. The summed E-state index contributed by atoms with van der Waals surface area (Å²) in [5, 5.41) is 7.03. The number of nitrogens with two attached hydrogens (primary N) is 1. The Morgan fingerprint density at radius 1 is 1.53 bits per heavy atom. The van der Waals surface area contributed by atoms with Crippen LogP contribution in [0.15, 0.2) is 12.4 Å². The predicted octanol–water partition coefficient (Wildman–Crippen LogP) is 1.67. The molecule has 0 bridgehead atoms. The van der Waals surface area contributed by atoms with Crippen molar-refractivity contribution in [3.05, 3.63) is 12.4 Å². The van der Waals surface area contributed by atoms with Crippen molar-refractivity contribution in [1.29, 1.82) is 0 Å². The molecule has 1 heterocycles. The van der Waals surface area contributed by atoms with Crippen LogP contribution >= 0.6 is 0 Å². The van der Waals surface area contributed by atoms with E-state index in [0.29, 0.717) is 6.04 Å². The summed E-state index contributed by atoms with van der Waals surface area (Å²) in [5.74, 6) is -0.0849. The molecule has 1 aliphatic rings. The predicted molar refractivity (Wildman–Crippen MR) is 66.6 cm³/mol. The van der Waals surface area contributed by atoms with Crippen molar-refractivity contribution < 1.29 is 4.79 Å². The first-order valence-corrected chi connectivity index (χ1v) is 6.16. The van der Waals surface area contributed by atoms with E-state index in [9.17, 15) is 4.79 Å². The van der Waals surface area contributed by atoms with E-state index >= 15 is 0 Å². The van der Waals surface area contributed by atoms with Crippen LogP contribution < -0.4 is 11.1 Å². The van der Waals surface area contributed by atoms with Crippen LogP contribution in [0.5, 0.6) is 0 Å². The van der Waals surface area contributed by atoms with E-state index in [1.165, 1.54) is 0 Å². The third-order valence-corrected chi connectivity index (χ3v) is 3.34. The molecular formula is C12H20N4O. The topological polar surface area (TPSA) is 72.9 Å². The van der Waals surface area contributed by atoms with E-state index < -0.39 is 5.54 Å². The van der Waals surface area contributed by atoms with Gasteiger partial charge in [0.15, 0.2) is 0 Å². The van der Waals surface area contributed by atoms with Crippen molar-refractivity contribution in [3.8, 4) is 0 Å². The van der Waals surface area contributed by atoms with Crippen molar-refractivity contribution in [2.75, 3.05) is 5.32 Å². The fourth-order valence-electron chi connectivity index (χ4n) is 2.17. The van der Waals surface area contributed by atoms with Gasteiger partial charge in [0.2, 0.25) is 5.91 Å². The fourth-order valence-corrected chi connectivity index (χ4v) is 2.17. The second-order valence-electron chi connectivity index (χ2n) is 5.12. The minimum Gasteiger partial charge on any atom is -0.322 e. The van der Waals surface area contributed by atoms with Crippen LogP contribution in [0, 0.1) is 0 Å². The molecule has 0 aliphatic heterocycles. The lowest BCUT2D eigenvalue weighted by Crippen LogP contribution is -2.48. The number of carbonyl (C=O) groups is 1. The van der Waals surface area contributed by atoms with Gasteiger partial charge in [-0.05, 0) is 26.7 Å². The maximum absolute atomic E-state index is 12.0. The summed E-state index contributed by atoms with van der Waals surface area (Å²) in [4.78, 5) is 12.0. The summed E-state index contributed by atoms with van der Waals surface area (Å²) in [5.41, 5.74) is 6.12. The Morgan fingerprint density at radius 3 is 2.71 bits per heavy atom. The van der Waals surface area contributed by atoms with Crippen molar-refractivity contribution in [2.24, 2.45) is 5.73 Å². The van der Waals surface area contributed by atoms with Gasteiger partial charge in [0.1, 0.15) is 0 Å². The molecule has 1 aromatic heterocycles. The highest BCUT2D eigenvalue weighted by atomic mass is 16.2. The molecule has 1 amide bonds. The zero-order valence-corrected chi connectivity index (χ0v) is 10.4. The highest BCUT2D eigenvalue weighted by molar-refractivity contribution is 5.97. The van der Waals surface area contributed by atoms with Crippen LogP contribution in [0.1, 0.15) is 45.6 Å². The van der Waals surface area contributed by atoms with Crippen molar-refractivity contribution in [3.63, 3.8) is 0 Å². The molecule has 0 atom stereocenters. The summed E-state index contributed by atoms with van der Waals surface area (Å²) in [6.07, 6.45) is 7.12. The second kappa shape index (κ2) is 4.49. The maximum Gasteiger partial charge on any atom is 0.244 e. The van der Waals surface area contributed by atoms with Gasteiger partial charge in [0.05, 0.1) is 17.4 Å². The molecular weight excluding hydrogens is 216 g/mol. The number of rotatable bonds is 3. The smallest absolute Gasteiger partial charge is 0.244 e. The van der Waals surface area contributed by atoms with Gasteiger partial charge in [0, 0.05) is 12.2 Å². The van der Waals surface area contributed by atoms with E-state index in [2.05, 4.69) is 10.4 Å². The van der Waals surface area contributed by atoms with Gasteiger partial charge < -0.3 is 11.1 Å². The van der Waals surface area contributed by atoms with Gasteiger partial charge in [-0.25, -0.2) is 0 Å². The van der Waals surface area contributed by atoms with Crippen LogP contribution in [-0.4, -0.2) is 21.2 Å². The van der Waals surface area contributed by atoms with E-state index in [4.69, 9.17) is 5.73 Å². The molecule has 3 N–H and O–H groups in total. The number of nitrogens with one attached hydrogen (secondary N) is 1. The molecule has 94 valence electrons. The number of carbonyl (C=O) groups excluding carboxylic acids is 1. The normalized spacial score (nSPS) is 18.6. The first-order chi connectivity index (χ1) is 8.01. The minimum atomic E-state index is -0.681. The first-order valence-electron chi connectivity index (χ1n) is 6.16. The molecule has 0 saturated heterocycles. The molecule has 17 heavy (non-hydrogen) atoms. The van der Waals surface area contributed by atoms with Gasteiger partial charge in [-0.1, -0.05) is 12.8 Å². The lowest BCUT2D eigenvalue weighted by Gasteiger charge is -2.21. The highest BCUT2D eigenvalue weighted by Gasteiger charge is 2.37. The zero-order chi connectivity index (χ0) is 12.5. The number of hydrogen-bond donors (Lipinski definition) is 2. The molecule has 5 nitrogen and oxygen atoms in total. The molecule has 1 fully saturated rings. The van der Waals surface area contributed by atoms with Crippen LogP contribution in [0.2, 0.25) is 0 Å². The first kappa shape index (κ1) is 12.1. The maximum atomic E-state index is 12.0. The number of aromatic nitrogens is 2. The lowest BCUT2D eigenvalue weighted by atomic mass is 9.98. The summed E-state index contributed by atoms with van der Waals surface area (Å²) in [7, 11) is 0. The molecule has 0 aromatic carbocycles. The van der Waals surface area contributed by atoms with Crippen LogP contribution in [-0.2, 0) is 4.79 Å². The molecule has 0 radical (unpaired) electrons. The minimum absolute atomic E-state index is 0.0849. The molecule has 2 rings (SSSR count). The Hall–Kier alpha value is -1.36. The number of anilines is 1. The van der Waals surface area contributed by atoms with Gasteiger partial charge in [-0.15, -0.1) is 0 Å². The van der Waals surface area contributed by atoms with E-state index in [-0.39, 0.29) is 5.91 Å². The third kappa shape index (κ3) is 2.49. The van der Waals surface area contributed by atoms with Crippen molar-refractivity contribution in [1.82, 2.24) is 9.78 Å². The molecule has 1 aromatic rings. The second-order valence-corrected chi connectivity index (χ2v) is 5.12. The molecule has 0 unspecified atom stereocenters. The molecule has 0 spiro atoms. The Bertz CT molecular complexity index is 404. The standard InChI is InChI=1S/C12H20N4O/c1-9(2)16-8-10(7-14-16)15-11(17)12(13)5-3-4-6-12/h7-9H,3-6,13H2,1-2H3,(H,15,17). The zero-order valence-electron chi connectivity index (χ0n) is 10.4. The third-order valence-electron chi connectivity index (χ3n) is 3.34. The van der Waals surface area contributed by atoms with E-state index in [1.807, 2.05) is 24.7 Å². The van der Waals surface area contributed by atoms with Crippen molar-refractivity contribution in [2.45, 2.75) is 51.1 Å². The van der Waals surface area contributed by atoms with E-state index in [1.54, 1.807) is 6.20 Å². The highest BCUT2D eigenvalue weighted by Crippen LogP contribution is 2.28. The molecule has 1 aliphatic carbocycles. The van der Waals surface area contributed by atoms with Crippen LogP contribution in [0.25, 0.3) is 0 Å². The Morgan fingerprint density at radius 2 is 2.18 bits per heavy atom. The van der Waals surface area contributed by atoms with Gasteiger partial charge in [-0.2, -0.15) is 5.10 Å². The van der Waals surface area contributed by atoms with Gasteiger partial charge in [0.25, 0.3) is 0 Å². The number of amides is 1. The average molecular weight is 236 g/mol. The Balaban J connectivity index is 2.02. The Kier molecular flexibility index (Phi) is 3.19. The SMILES string of the molecule is CC(C)n1cc(NC(=O)C2(N)CCCC2)cn1. The van der Waals surface area contributed by atoms with Crippen molar-refractivity contribution >= 4 is 11.6 Å². The summed E-state index contributed by atoms with van der Waals surface area (Å²) >= 11 is 0. The van der Waals surface area contributed by atoms with E-state index in [0.717, 1.165) is 31.4 Å². The lowest BCUT2D eigenvalue weighted by molar-refractivity contribution is -0.121. The summed E-state index contributed by atoms with van der Waals surface area (Å²) in [6, 6.07) is 0.291. The Labute approximate surface area is 101 Å². The summed E-state index contributed by atoms with van der Waals surface area (Å²) < 4.78 is 1.81. The van der Waals surface area contributed by atoms with Crippen LogP contribution in [0.3, 0.4) is 0 Å². The number of hydrogen-bond acceptors (Lipinski definition) is 3. The van der Waals surface area contributed by atoms with Gasteiger partial charge in [-0.3, -0.25) is 9.48 Å². The largest absolute Gasteiger partial charge is 0.322 e. The number of nitrogens with zero attached hydrogens (tertiary/aromatic N) is 2. The van der Waals surface area contributed by atoms with Gasteiger partial charge >= 0.3 is 0 Å². The van der Waals surface area contributed by atoms with Crippen LogP contribution in [0.4, 0.5) is 5.69 Å².